The zero-order valence-corrected chi connectivity index (χ0v) is 23.8. The third-order valence-corrected chi connectivity index (χ3v) is 9.60. The first-order valence-electron chi connectivity index (χ1n) is 12.4. The predicted molar refractivity (Wildman–Crippen MR) is 149 cm³/mol. The molecule has 0 bridgehead atoms. The van der Waals surface area contributed by atoms with Crippen LogP contribution in [0.25, 0.3) is 10.2 Å². The van der Waals surface area contributed by atoms with E-state index < -0.39 is 10.0 Å². The van der Waals surface area contributed by atoms with Crippen molar-refractivity contribution in [3.05, 3.63) is 47.5 Å². The number of hydrogen-bond acceptors (Lipinski definition) is 7. The summed E-state index contributed by atoms with van der Waals surface area (Å²) in [5, 5.41) is 1.16. The molecule has 0 saturated carbocycles. The molecule has 4 rings (SSSR count). The Morgan fingerprint density at radius 3 is 2.49 bits per heavy atom. The van der Waals surface area contributed by atoms with Crippen LogP contribution in [0.5, 0.6) is 5.75 Å². The molecule has 0 atom stereocenters. The molecule has 3 aromatic rings. The van der Waals surface area contributed by atoms with Crippen molar-refractivity contribution in [1.29, 1.82) is 0 Å². The van der Waals surface area contributed by atoms with Gasteiger partial charge in [-0.3, -0.25) is 9.69 Å². The monoisotopic (exact) mass is 564 g/mol. The Balaban J connectivity index is 1.50. The van der Waals surface area contributed by atoms with Gasteiger partial charge in [-0.25, -0.2) is 13.4 Å². The molecule has 0 spiro atoms. The Morgan fingerprint density at radius 2 is 1.84 bits per heavy atom. The summed E-state index contributed by atoms with van der Waals surface area (Å²) in [7, 11) is 0.392. The Labute approximate surface area is 227 Å². The number of aromatic nitrogens is 1. The van der Waals surface area contributed by atoms with Crippen molar-refractivity contribution in [2.75, 3.05) is 51.8 Å². The molecule has 0 N–H and O–H groups in total. The molecule has 0 aliphatic carbocycles. The molecule has 1 aromatic heterocycles. The Morgan fingerprint density at radius 1 is 1.14 bits per heavy atom. The standard InChI is InChI=1S/C26H33ClN4O4S2/c1-4-35-21-8-11-23-24(18-21)36-26(28-23)31(15-5-14-29(2)3)25(32)19-12-16-30(17-13-19)37(33,34)22-9-6-20(27)7-10-22/h6-11,18-19H,4-5,12-17H2,1-3H3. The van der Waals surface area contributed by atoms with Crippen molar-refractivity contribution >= 4 is 54.2 Å². The van der Waals surface area contributed by atoms with Crippen LogP contribution in [0.2, 0.25) is 5.02 Å². The minimum atomic E-state index is -3.63. The summed E-state index contributed by atoms with van der Waals surface area (Å²) >= 11 is 7.40. The summed E-state index contributed by atoms with van der Waals surface area (Å²) in [6, 6.07) is 12.0. The number of hydrogen-bond donors (Lipinski definition) is 0. The molecule has 200 valence electrons. The number of amides is 1. The number of carbonyl (C=O) groups excluding carboxylic acids is 1. The summed E-state index contributed by atoms with van der Waals surface area (Å²) in [5.41, 5.74) is 0.831. The lowest BCUT2D eigenvalue weighted by molar-refractivity contribution is -0.123. The van der Waals surface area contributed by atoms with Crippen LogP contribution in [0.4, 0.5) is 5.13 Å². The average molecular weight is 565 g/mol. The number of anilines is 1. The van der Waals surface area contributed by atoms with Crippen molar-refractivity contribution in [1.82, 2.24) is 14.2 Å². The minimum absolute atomic E-state index is 0.00591. The van der Waals surface area contributed by atoms with Crippen LogP contribution in [-0.2, 0) is 14.8 Å². The largest absolute Gasteiger partial charge is 0.494 e. The number of benzene rings is 2. The van der Waals surface area contributed by atoms with Gasteiger partial charge in [-0.2, -0.15) is 4.31 Å². The minimum Gasteiger partial charge on any atom is -0.494 e. The van der Waals surface area contributed by atoms with Crippen molar-refractivity contribution in [2.24, 2.45) is 5.92 Å². The maximum Gasteiger partial charge on any atom is 0.243 e. The molecular formula is C26H33ClN4O4S2. The van der Waals surface area contributed by atoms with Crippen molar-refractivity contribution < 1.29 is 17.9 Å². The molecule has 11 heteroatoms. The Hall–Kier alpha value is -2.24. The highest BCUT2D eigenvalue weighted by atomic mass is 35.5. The number of thiazole rings is 1. The number of piperidine rings is 1. The van der Waals surface area contributed by atoms with Gasteiger partial charge >= 0.3 is 0 Å². The third-order valence-electron chi connectivity index (χ3n) is 6.40. The van der Waals surface area contributed by atoms with Gasteiger partial charge in [-0.05, 0) is 89.3 Å². The fourth-order valence-corrected chi connectivity index (χ4v) is 7.05. The number of carbonyl (C=O) groups is 1. The van der Waals surface area contributed by atoms with Crippen LogP contribution in [-0.4, -0.2) is 75.4 Å². The molecular weight excluding hydrogens is 532 g/mol. The lowest BCUT2D eigenvalue weighted by Crippen LogP contribution is -2.45. The van der Waals surface area contributed by atoms with E-state index >= 15 is 0 Å². The van der Waals surface area contributed by atoms with Gasteiger partial charge < -0.3 is 9.64 Å². The highest BCUT2D eigenvalue weighted by Gasteiger charge is 2.35. The van der Waals surface area contributed by atoms with E-state index in [-0.39, 0.29) is 16.7 Å². The second-order valence-corrected chi connectivity index (χ2v) is 12.7. The van der Waals surface area contributed by atoms with Crippen LogP contribution < -0.4 is 9.64 Å². The third kappa shape index (κ3) is 6.61. The lowest BCUT2D eigenvalue weighted by Gasteiger charge is -2.33. The van der Waals surface area contributed by atoms with Gasteiger partial charge in [0.1, 0.15) is 5.75 Å². The van der Waals surface area contributed by atoms with Crippen LogP contribution in [0.3, 0.4) is 0 Å². The number of nitrogens with zero attached hydrogens (tertiary/aromatic N) is 4. The number of fused-ring (bicyclic) bond motifs is 1. The molecule has 2 aromatic carbocycles. The van der Waals surface area contributed by atoms with Crippen LogP contribution in [0, 0.1) is 5.92 Å². The second-order valence-electron chi connectivity index (χ2n) is 9.34. The number of ether oxygens (including phenoxy) is 1. The first-order valence-corrected chi connectivity index (χ1v) is 15.1. The molecule has 2 heterocycles. The van der Waals surface area contributed by atoms with Gasteiger partial charge in [0, 0.05) is 30.6 Å². The average Bonchev–Trinajstić information content (AvgIpc) is 3.30. The molecule has 0 radical (unpaired) electrons. The summed E-state index contributed by atoms with van der Waals surface area (Å²) in [5.74, 6) is 0.526. The highest BCUT2D eigenvalue weighted by Crippen LogP contribution is 2.34. The van der Waals surface area contributed by atoms with Crippen molar-refractivity contribution in [3.8, 4) is 5.75 Å². The van der Waals surface area contributed by atoms with E-state index in [1.807, 2.05) is 39.2 Å². The SMILES string of the molecule is CCOc1ccc2nc(N(CCCN(C)C)C(=O)C3CCN(S(=O)(=O)c4ccc(Cl)cc4)CC3)sc2c1. The normalized spacial score (nSPS) is 15.4. The fraction of sp³-hybridized carbons (Fsp3) is 0.462. The maximum absolute atomic E-state index is 13.8. The Kier molecular flexibility index (Phi) is 9.07. The Bertz CT molecular complexity index is 1320. The smallest absolute Gasteiger partial charge is 0.243 e. The van der Waals surface area contributed by atoms with Gasteiger partial charge in [0.15, 0.2) is 5.13 Å². The van der Waals surface area contributed by atoms with Crippen molar-refractivity contribution in [2.45, 2.75) is 31.1 Å². The first-order chi connectivity index (χ1) is 17.7. The topological polar surface area (TPSA) is 83.1 Å². The summed E-state index contributed by atoms with van der Waals surface area (Å²) in [6.07, 6.45) is 1.74. The highest BCUT2D eigenvalue weighted by molar-refractivity contribution is 7.89. The van der Waals surface area contributed by atoms with Gasteiger partial charge in [0.2, 0.25) is 15.9 Å². The lowest BCUT2D eigenvalue weighted by atomic mass is 9.96. The predicted octanol–water partition coefficient (Wildman–Crippen LogP) is 4.73. The van der Waals surface area contributed by atoms with E-state index in [9.17, 15) is 13.2 Å². The molecule has 8 nitrogen and oxygen atoms in total. The van der Waals surface area contributed by atoms with Crippen molar-refractivity contribution in [3.63, 3.8) is 0 Å². The molecule has 1 aliphatic heterocycles. The van der Waals surface area contributed by atoms with Gasteiger partial charge in [0.05, 0.1) is 21.7 Å². The number of sulfonamides is 1. The van der Waals surface area contributed by atoms with E-state index in [0.29, 0.717) is 49.2 Å². The van der Waals surface area contributed by atoms with E-state index in [4.69, 9.17) is 21.3 Å². The van der Waals surface area contributed by atoms with Gasteiger partial charge in [0.25, 0.3) is 0 Å². The van der Waals surface area contributed by atoms with E-state index in [0.717, 1.165) is 28.9 Å². The quantitative estimate of drug-likeness (QED) is 0.354. The summed E-state index contributed by atoms with van der Waals surface area (Å²) in [4.78, 5) is 22.6. The van der Waals surface area contributed by atoms with E-state index in [1.165, 1.54) is 27.8 Å². The molecule has 1 aliphatic rings. The number of rotatable bonds is 10. The molecule has 1 amide bonds. The fourth-order valence-electron chi connectivity index (χ4n) is 4.43. The molecule has 37 heavy (non-hydrogen) atoms. The maximum atomic E-state index is 13.8. The summed E-state index contributed by atoms with van der Waals surface area (Å²) in [6.45, 7) is 4.52. The zero-order chi connectivity index (χ0) is 26.6. The van der Waals surface area contributed by atoms with Crippen LogP contribution in [0.15, 0.2) is 47.4 Å². The van der Waals surface area contributed by atoms with Crippen LogP contribution in [0.1, 0.15) is 26.2 Å². The molecule has 0 unspecified atom stereocenters. The van der Waals surface area contributed by atoms with E-state index in [2.05, 4.69) is 4.90 Å². The second kappa shape index (κ2) is 12.1. The van der Waals surface area contributed by atoms with Gasteiger partial charge in [-0.1, -0.05) is 22.9 Å². The van der Waals surface area contributed by atoms with Gasteiger partial charge in [-0.15, -0.1) is 0 Å². The first kappa shape index (κ1) is 27.8. The molecule has 1 saturated heterocycles. The summed E-state index contributed by atoms with van der Waals surface area (Å²) < 4.78 is 34.2. The number of halogens is 1. The van der Waals surface area contributed by atoms with Crippen LogP contribution >= 0.6 is 22.9 Å². The molecule has 1 fully saturated rings. The zero-order valence-electron chi connectivity index (χ0n) is 21.4. The van der Waals surface area contributed by atoms with E-state index in [1.54, 1.807) is 17.0 Å².